The highest BCUT2D eigenvalue weighted by atomic mass is 35.5. The van der Waals surface area contributed by atoms with Gasteiger partial charge in [-0.2, -0.15) is 0 Å². The molecule has 3 aromatic carbocycles. The van der Waals surface area contributed by atoms with Gasteiger partial charge in [0.1, 0.15) is 12.6 Å². The standard InChI is InChI=1S/C30H34Cl3N3O4S/c1-5-6-15-34-30(38)22(4)35(18-23-10-14-26(31)28(33)16-23)29(37)19-36(24-11-9-21(3)27(32)17-24)41(39,40)25-12-7-20(2)8-13-25/h7-14,16-17,22H,5-6,15,18-19H2,1-4H3,(H,34,38)/t22-/m1/s1. The third kappa shape index (κ3) is 8.38. The number of hydrogen-bond acceptors (Lipinski definition) is 4. The fraction of sp³-hybridized carbons (Fsp3) is 0.333. The number of unbranched alkanes of at least 4 members (excludes halogenated alkanes) is 1. The molecule has 0 saturated heterocycles. The monoisotopic (exact) mass is 637 g/mol. The van der Waals surface area contributed by atoms with Crippen LogP contribution in [-0.4, -0.2) is 44.3 Å². The Balaban J connectivity index is 2.04. The van der Waals surface area contributed by atoms with Gasteiger partial charge >= 0.3 is 0 Å². The van der Waals surface area contributed by atoms with Crippen LogP contribution in [0.2, 0.25) is 15.1 Å². The zero-order valence-electron chi connectivity index (χ0n) is 23.5. The maximum atomic E-state index is 14.0. The number of rotatable bonds is 12. The highest BCUT2D eigenvalue weighted by Crippen LogP contribution is 2.29. The Bertz CT molecular complexity index is 1500. The highest BCUT2D eigenvalue weighted by Gasteiger charge is 2.32. The molecule has 3 rings (SSSR count). The third-order valence-corrected chi connectivity index (χ3v) is 9.60. The van der Waals surface area contributed by atoms with Gasteiger partial charge in [-0.3, -0.25) is 13.9 Å². The lowest BCUT2D eigenvalue weighted by Crippen LogP contribution is -2.51. The van der Waals surface area contributed by atoms with Crippen LogP contribution in [0.3, 0.4) is 0 Å². The minimum absolute atomic E-state index is 0.00512. The number of carbonyl (C=O) groups is 2. The van der Waals surface area contributed by atoms with Crippen LogP contribution in [0.25, 0.3) is 0 Å². The smallest absolute Gasteiger partial charge is 0.264 e. The number of hydrogen-bond donors (Lipinski definition) is 1. The van der Waals surface area contributed by atoms with Gasteiger partial charge in [0.05, 0.1) is 20.6 Å². The molecule has 0 radical (unpaired) electrons. The fourth-order valence-corrected chi connectivity index (χ4v) is 5.96. The average molecular weight is 639 g/mol. The van der Waals surface area contributed by atoms with Crippen molar-refractivity contribution in [1.82, 2.24) is 10.2 Å². The van der Waals surface area contributed by atoms with Crippen molar-refractivity contribution in [3.8, 4) is 0 Å². The maximum Gasteiger partial charge on any atom is 0.264 e. The lowest BCUT2D eigenvalue weighted by atomic mass is 10.1. The molecule has 41 heavy (non-hydrogen) atoms. The topological polar surface area (TPSA) is 86.8 Å². The molecule has 0 saturated carbocycles. The van der Waals surface area contributed by atoms with Gasteiger partial charge in [0.25, 0.3) is 10.0 Å². The Labute approximate surface area is 257 Å². The number of benzene rings is 3. The number of sulfonamides is 1. The number of halogens is 3. The number of carbonyl (C=O) groups excluding carboxylic acids is 2. The highest BCUT2D eigenvalue weighted by molar-refractivity contribution is 7.92. The fourth-order valence-electron chi connectivity index (χ4n) is 4.06. The molecule has 7 nitrogen and oxygen atoms in total. The molecule has 0 aliphatic carbocycles. The minimum atomic E-state index is -4.19. The van der Waals surface area contributed by atoms with E-state index < -0.39 is 28.5 Å². The molecule has 0 bridgehead atoms. The van der Waals surface area contributed by atoms with E-state index in [9.17, 15) is 18.0 Å². The second kappa shape index (κ2) is 14.4. The number of aryl methyl sites for hydroxylation is 2. The minimum Gasteiger partial charge on any atom is -0.354 e. The summed E-state index contributed by atoms with van der Waals surface area (Å²) in [5, 5.41) is 3.87. The molecule has 0 spiro atoms. The SMILES string of the molecule is CCCCNC(=O)[C@@H](C)N(Cc1ccc(Cl)c(Cl)c1)C(=O)CN(c1ccc(C)c(Cl)c1)S(=O)(=O)c1ccc(C)cc1. The molecule has 0 aliphatic rings. The van der Waals surface area contributed by atoms with Crippen LogP contribution in [-0.2, 0) is 26.2 Å². The number of nitrogens with one attached hydrogen (secondary N) is 1. The summed E-state index contributed by atoms with van der Waals surface area (Å²) in [6, 6.07) is 15.2. The maximum absolute atomic E-state index is 14.0. The zero-order chi connectivity index (χ0) is 30.3. The molecule has 0 unspecified atom stereocenters. The first-order valence-electron chi connectivity index (χ1n) is 13.2. The summed E-state index contributed by atoms with van der Waals surface area (Å²) in [4.78, 5) is 28.4. The van der Waals surface area contributed by atoms with Gasteiger partial charge in [-0.15, -0.1) is 0 Å². The Morgan fingerprint density at radius 1 is 0.902 bits per heavy atom. The van der Waals surface area contributed by atoms with Crippen LogP contribution in [0.4, 0.5) is 5.69 Å². The predicted molar refractivity (Wildman–Crippen MR) is 166 cm³/mol. The van der Waals surface area contributed by atoms with Gasteiger partial charge in [-0.05, 0) is 74.7 Å². The molecular formula is C30H34Cl3N3O4S. The Hall–Kier alpha value is -2.78. The molecule has 1 N–H and O–H groups in total. The van der Waals surface area contributed by atoms with Crippen LogP contribution in [0.1, 0.15) is 43.4 Å². The molecule has 3 aromatic rings. The molecule has 0 fully saturated rings. The normalized spacial score (nSPS) is 12.1. The first-order chi connectivity index (χ1) is 19.3. The van der Waals surface area contributed by atoms with Gasteiger partial charge in [-0.25, -0.2) is 8.42 Å². The second-order valence-corrected chi connectivity index (χ2v) is 12.9. The van der Waals surface area contributed by atoms with Crippen molar-refractivity contribution < 1.29 is 18.0 Å². The lowest BCUT2D eigenvalue weighted by Gasteiger charge is -2.32. The molecule has 0 aromatic heterocycles. The van der Waals surface area contributed by atoms with Crippen LogP contribution >= 0.6 is 34.8 Å². The summed E-state index contributed by atoms with van der Waals surface area (Å²) in [6.07, 6.45) is 1.68. The van der Waals surface area contributed by atoms with E-state index in [0.29, 0.717) is 27.2 Å². The van der Waals surface area contributed by atoms with E-state index in [1.807, 2.05) is 13.8 Å². The van der Waals surface area contributed by atoms with E-state index in [2.05, 4.69) is 5.32 Å². The second-order valence-electron chi connectivity index (χ2n) is 9.85. The third-order valence-electron chi connectivity index (χ3n) is 6.67. The Kier molecular flexibility index (Phi) is 11.5. The van der Waals surface area contributed by atoms with Crippen LogP contribution in [0.15, 0.2) is 65.6 Å². The predicted octanol–water partition coefficient (Wildman–Crippen LogP) is 6.79. The summed E-state index contributed by atoms with van der Waals surface area (Å²) < 4.78 is 28.9. The van der Waals surface area contributed by atoms with E-state index in [1.54, 1.807) is 56.3 Å². The molecule has 220 valence electrons. The van der Waals surface area contributed by atoms with Crippen molar-refractivity contribution in [1.29, 1.82) is 0 Å². The summed E-state index contributed by atoms with van der Waals surface area (Å²) >= 11 is 18.7. The van der Waals surface area contributed by atoms with Crippen LogP contribution < -0.4 is 9.62 Å². The van der Waals surface area contributed by atoms with Crippen molar-refractivity contribution in [2.45, 2.75) is 58.0 Å². The van der Waals surface area contributed by atoms with Gasteiger partial charge < -0.3 is 10.2 Å². The number of anilines is 1. The summed E-state index contributed by atoms with van der Waals surface area (Å²) in [7, 11) is -4.19. The van der Waals surface area contributed by atoms with Crippen molar-refractivity contribution in [2.24, 2.45) is 0 Å². The summed E-state index contributed by atoms with van der Waals surface area (Å²) in [6.45, 7) is 7.17. The largest absolute Gasteiger partial charge is 0.354 e. The van der Waals surface area contributed by atoms with Crippen molar-refractivity contribution in [3.63, 3.8) is 0 Å². The van der Waals surface area contributed by atoms with Gasteiger partial charge in [0.15, 0.2) is 0 Å². The lowest BCUT2D eigenvalue weighted by molar-refractivity contribution is -0.139. The molecule has 11 heteroatoms. The average Bonchev–Trinajstić information content (AvgIpc) is 2.93. The van der Waals surface area contributed by atoms with E-state index in [0.717, 1.165) is 28.3 Å². The molecule has 1 atom stereocenters. The Morgan fingerprint density at radius 2 is 1.59 bits per heavy atom. The van der Waals surface area contributed by atoms with Gasteiger partial charge in [-0.1, -0.05) is 78.0 Å². The first-order valence-corrected chi connectivity index (χ1v) is 15.8. The van der Waals surface area contributed by atoms with E-state index in [1.165, 1.54) is 23.1 Å². The van der Waals surface area contributed by atoms with Gasteiger partial charge in [0, 0.05) is 18.1 Å². The zero-order valence-corrected chi connectivity index (χ0v) is 26.5. The van der Waals surface area contributed by atoms with Crippen LogP contribution in [0.5, 0.6) is 0 Å². The summed E-state index contributed by atoms with van der Waals surface area (Å²) in [5.74, 6) is -0.931. The molecule has 0 aliphatic heterocycles. The quantitative estimate of drug-likeness (QED) is 0.221. The number of amides is 2. The van der Waals surface area contributed by atoms with Gasteiger partial charge in [0.2, 0.25) is 11.8 Å². The Morgan fingerprint density at radius 3 is 2.20 bits per heavy atom. The molecule has 2 amide bonds. The van der Waals surface area contributed by atoms with Crippen molar-refractivity contribution in [3.05, 3.63) is 92.4 Å². The van der Waals surface area contributed by atoms with E-state index >= 15 is 0 Å². The summed E-state index contributed by atoms with van der Waals surface area (Å²) in [5.41, 5.74) is 2.50. The number of nitrogens with zero attached hydrogens (tertiary/aromatic N) is 2. The van der Waals surface area contributed by atoms with E-state index in [4.69, 9.17) is 34.8 Å². The van der Waals surface area contributed by atoms with Crippen LogP contribution in [0, 0.1) is 13.8 Å². The molecule has 0 heterocycles. The van der Waals surface area contributed by atoms with E-state index in [-0.39, 0.29) is 23.0 Å². The van der Waals surface area contributed by atoms with Crippen molar-refractivity contribution >= 4 is 62.3 Å². The molecular weight excluding hydrogens is 605 g/mol. The first kappa shape index (κ1) is 32.7. The van der Waals surface area contributed by atoms with Crippen molar-refractivity contribution in [2.75, 3.05) is 17.4 Å².